The minimum atomic E-state index is -3.67. The second-order valence-electron chi connectivity index (χ2n) is 9.84. The summed E-state index contributed by atoms with van der Waals surface area (Å²) in [5.74, 6) is -0.689. The maximum absolute atomic E-state index is 12.3. The molecular weight excluding hydrogens is 543 g/mol. The van der Waals surface area contributed by atoms with Crippen LogP contribution in [0.4, 0.5) is 0 Å². The van der Waals surface area contributed by atoms with E-state index in [0.717, 1.165) is 57.8 Å². The van der Waals surface area contributed by atoms with Gasteiger partial charge in [0.25, 0.3) is 0 Å². The van der Waals surface area contributed by atoms with E-state index in [4.69, 9.17) is 0 Å². The molecule has 4 N–H and O–H groups in total. The van der Waals surface area contributed by atoms with Crippen LogP contribution in [0.5, 0.6) is 0 Å². The van der Waals surface area contributed by atoms with Gasteiger partial charge in [0.15, 0.2) is 0 Å². The van der Waals surface area contributed by atoms with Gasteiger partial charge in [-0.25, -0.2) is 21.6 Å². The molecule has 1 rings (SSSR count). The minimum Gasteiger partial charge on any atom is -0.423 e. The van der Waals surface area contributed by atoms with Gasteiger partial charge in [0.2, 0.25) is 26.0 Å². The number of sulfonamides is 2. The normalized spacial score (nSPS) is 11.8. The second kappa shape index (κ2) is 20.1. The van der Waals surface area contributed by atoms with Gasteiger partial charge in [0.1, 0.15) is 6.29 Å². The van der Waals surface area contributed by atoms with Crippen LogP contribution in [-0.2, 0) is 29.6 Å². The van der Waals surface area contributed by atoms with Gasteiger partial charge >= 0.3 is 7.12 Å². The van der Waals surface area contributed by atoms with Crippen molar-refractivity contribution in [2.75, 3.05) is 12.3 Å². The fourth-order valence-corrected chi connectivity index (χ4v) is 6.35. The maximum atomic E-state index is 12.3. The Labute approximate surface area is 234 Å². The minimum absolute atomic E-state index is 0.0211. The molecule has 0 saturated heterocycles. The summed E-state index contributed by atoms with van der Waals surface area (Å²) in [7, 11) is -9.02. The van der Waals surface area contributed by atoms with Gasteiger partial charge in [-0.1, -0.05) is 82.8 Å². The third kappa shape index (κ3) is 17.5. The Bertz CT molecular complexity index is 1050. The van der Waals surface area contributed by atoms with E-state index in [9.17, 15) is 36.5 Å². The first kappa shape index (κ1) is 35.2. The fraction of sp³-hybridized carbons (Fsp3) is 0.692. The third-order valence-electron chi connectivity index (χ3n) is 6.34. The second-order valence-corrected chi connectivity index (χ2v) is 13.5. The summed E-state index contributed by atoms with van der Waals surface area (Å²) in [6.07, 6.45) is 14.7. The molecular formula is C26H45BN2O8S2. The van der Waals surface area contributed by atoms with E-state index in [-0.39, 0.29) is 35.4 Å². The fourth-order valence-electron chi connectivity index (χ4n) is 4.12. The first-order valence-corrected chi connectivity index (χ1v) is 17.1. The van der Waals surface area contributed by atoms with E-state index >= 15 is 0 Å². The summed E-state index contributed by atoms with van der Waals surface area (Å²) in [4.78, 5) is 22.0. The van der Waals surface area contributed by atoms with E-state index in [1.54, 1.807) is 0 Å². The molecule has 1 amide bonds. The molecule has 10 nitrogen and oxygen atoms in total. The van der Waals surface area contributed by atoms with Crippen LogP contribution in [-0.4, -0.2) is 58.5 Å². The Morgan fingerprint density at radius 1 is 0.795 bits per heavy atom. The number of hydrogen-bond acceptors (Lipinski definition) is 8. The number of unbranched alkanes of at least 4 members (excludes halogenated alkanes) is 13. The van der Waals surface area contributed by atoms with Crippen LogP contribution < -0.4 is 14.9 Å². The summed E-state index contributed by atoms with van der Waals surface area (Å²) in [5, 5.41) is 18.4. The van der Waals surface area contributed by atoms with Crippen molar-refractivity contribution in [2.24, 2.45) is 0 Å². The Morgan fingerprint density at radius 2 is 1.33 bits per heavy atom. The van der Waals surface area contributed by atoms with E-state index in [2.05, 4.69) is 9.44 Å². The van der Waals surface area contributed by atoms with Crippen molar-refractivity contribution < 1.29 is 36.5 Å². The molecule has 0 aliphatic carbocycles. The highest BCUT2D eigenvalue weighted by molar-refractivity contribution is 7.90. The predicted molar refractivity (Wildman–Crippen MR) is 153 cm³/mol. The maximum Gasteiger partial charge on any atom is 0.488 e. The SMILES string of the molecule is O=CCCCS(=O)(=O)NC(=O)CCCCCCCCCCCCCCCNS(=O)(=O)c1cccc(B(O)O)c1. The van der Waals surface area contributed by atoms with Gasteiger partial charge in [0, 0.05) is 19.4 Å². The standard InChI is InChI=1S/C26H45BN2O8S2/c30-21-14-15-22-38(34,35)29-26(31)19-12-10-8-6-4-2-1-3-5-7-9-11-13-20-28-39(36,37)25-18-16-17-24(23-25)27(32)33/h16-18,21,23,28,32-33H,1-15,19-20,22H2,(H,29,31). The van der Waals surface area contributed by atoms with Crippen LogP contribution in [0.25, 0.3) is 0 Å². The van der Waals surface area contributed by atoms with Crippen LogP contribution in [0.1, 0.15) is 103 Å². The van der Waals surface area contributed by atoms with Crippen LogP contribution in [0.3, 0.4) is 0 Å². The summed E-state index contributed by atoms with van der Waals surface area (Å²) in [5.41, 5.74) is 0.135. The summed E-state index contributed by atoms with van der Waals surface area (Å²) in [6, 6.07) is 5.62. The van der Waals surface area contributed by atoms with Crippen molar-refractivity contribution in [3.63, 3.8) is 0 Å². The molecule has 1 aromatic carbocycles. The highest BCUT2D eigenvalue weighted by Crippen LogP contribution is 2.13. The molecule has 39 heavy (non-hydrogen) atoms. The summed E-state index contributed by atoms with van der Waals surface area (Å²) in [6.45, 7) is 0.348. The highest BCUT2D eigenvalue weighted by atomic mass is 32.2. The molecule has 0 heterocycles. The van der Waals surface area contributed by atoms with E-state index in [1.165, 1.54) is 43.5 Å². The lowest BCUT2D eigenvalue weighted by molar-refractivity contribution is -0.119. The number of carbonyl (C=O) groups is 2. The van der Waals surface area contributed by atoms with Gasteiger partial charge < -0.3 is 14.8 Å². The monoisotopic (exact) mass is 588 g/mol. The van der Waals surface area contributed by atoms with Gasteiger partial charge in [-0.05, 0) is 36.9 Å². The largest absolute Gasteiger partial charge is 0.488 e. The first-order chi connectivity index (χ1) is 18.6. The summed E-state index contributed by atoms with van der Waals surface area (Å²) >= 11 is 0. The number of aldehydes is 1. The number of nitrogens with one attached hydrogen (secondary N) is 2. The van der Waals surface area contributed by atoms with Gasteiger partial charge in [-0.2, -0.15) is 0 Å². The molecule has 13 heteroatoms. The Hall–Kier alpha value is -1.80. The van der Waals surface area contributed by atoms with Crippen molar-refractivity contribution in [3.8, 4) is 0 Å². The number of rotatable bonds is 24. The van der Waals surface area contributed by atoms with Crippen molar-refractivity contribution in [3.05, 3.63) is 24.3 Å². The Kier molecular flexibility index (Phi) is 18.2. The van der Waals surface area contributed by atoms with Crippen LogP contribution in [0.15, 0.2) is 29.2 Å². The molecule has 222 valence electrons. The number of benzene rings is 1. The quantitative estimate of drug-likeness (QED) is 0.0812. The average molecular weight is 589 g/mol. The van der Waals surface area contributed by atoms with Gasteiger partial charge in [-0.15, -0.1) is 0 Å². The molecule has 0 atom stereocenters. The number of carbonyl (C=O) groups excluding carboxylic acids is 2. The molecule has 0 aromatic heterocycles. The smallest absolute Gasteiger partial charge is 0.423 e. The predicted octanol–water partition coefficient (Wildman–Crippen LogP) is 2.53. The lowest BCUT2D eigenvalue weighted by atomic mass is 9.81. The lowest BCUT2D eigenvalue weighted by Gasteiger charge is -2.08. The van der Waals surface area contributed by atoms with Crippen molar-refractivity contribution >= 4 is 44.8 Å². The lowest BCUT2D eigenvalue weighted by Crippen LogP contribution is -2.32. The molecule has 1 aromatic rings. The topological polar surface area (TPSA) is 167 Å². The van der Waals surface area contributed by atoms with Crippen molar-refractivity contribution in [1.82, 2.24) is 9.44 Å². The first-order valence-electron chi connectivity index (χ1n) is 14.0. The third-order valence-corrected chi connectivity index (χ3v) is 9.17. The molecule has 0 fully saturated rings. The van der Waals surface area contributed by atoms with Gasteiger partial charge in [-0.3, -0.25) is 9.52 Å². The van der Waals surface area contributed by atoms with E-state index in [1.807, 2.05) is 0 Å². The molecule has 0 saturated carbocycles. The molecule has 0 aliphatic heterocycles. The van der Waals surface area contributed by atoms with E-state index in [0.29, 0.717) is 19.3 Å². The molecule has 0 aliphatic rings. The number of amides is 1. The molecule has 0 bridgehead atoms. The molecule has 0 spiro atoms. The number of hydrogen-bond donors (Lipinski definition) is 4. The molecule has 0 radical (unpaired) electrons. The average Bonchev–Trinajstić information content (AvgIpc) is 2.88. The summed E-state index contributed by atoms with van der Waals surface area (Å²) < 4.78 is 52.7. The zero-order valence-corrected chi connectivity index (χ0v) is 24.5. The Balaban J connectivity index is 1.94. The van der Waals surface area contributed by atoms with Crippen molar-refractivity contribution in [2.45, 2.75) is 108 Å². The van der Waals surface area contributed by atoms with Gasteiger partial charge in [0.05, 0.1) is 10.6 Å². The highest BCUT2D eigenvalue weighted by Gasteiger charge is 2.17. The Morgan fingerprint density at radius 3 is 1.87 bits per heavy atom. The molecule has 0 unspecified atom stereocenters. The van der Waals surface area contributed by atoms with E-state index < -0.39 is 33.1 Å². The van der Waals surface area contributed by atoms with Crippen LogP contribution >= 0.6 is 0 Å². The zero-order chi connectivity index (χ0) is 29.0. The van der Waals surface area contributed by atoms with Crippen molar-refractivity contribution in [1.29, 1.82) is 0 Å². The zero-order valence-electron chi connectivity index (χ0n) is 22.9. The van der Waals surface area contributed by atoms with Crippen LogP contribution in [0.2, 0.25) is 0 Å². The van der Waals surface area contributed by atoms with Crippen LogP contribution in [0, 0.1) is 0 Å².